The van der Waals surface area contributed by atoms with Crippen LogP contribution in [-0.4, -0.2) is 15.1 Å². The molecular formula is C41H27FN2OS. The number of halogens is 1. The number of pyridine rings is 2. The van der Waals surface area contributed by atoms with Crippen molar-refractivity contribution in [1.29, 1.82) is 0 Å². The number of aryl methyl sites for hydroxylation is 1. The van der Waals surface area contributed by atoms with Crippen molar-refractivity contribution in [1.82, 2.24) is 9.97 Å². The quantitative estimate of drug-likeness (QED) is 0.210. The largest absolute Gasteiger partial charge is 0.507 e. The molecule has 0 aliphatic heterocycles. The van der Waals surface area contributed by atoms with E-state index in [1.54, 1.807) is 6.07 Å². The van der Waals surface area contributed by atoms with Crippen LogP contribution in [0.2, 0.25) is 0 Å². The van der Waals surface area contributed by atoms with Gasteiger partial charge in [-0.1, -0.05) is 84.9 Å². The molecule has 0 saturated carbocycles. The molecule has 0 radical (unpaired) electrons. The predicted octanol–water partition coefficient (Wildman–Crippen LogP) is 11.3. The summed E-state index contributed by atoms with van der Waals surface area (Å²) in [5, 5.41) is 13.2. The van der Waals surface area contributed by atoms with E-state index >= 15 is 0 Å². The van der Waals surface area contributed by atoms with Crippen molar-refractivity contribution in [3.05, 3.63) is 151 Å². The Labute approximate surface area is 269 Å². The summed E-state index contributed by atoms with van der Waals surface area (Å²) in [6.07, 6.45) is 0. The van der Waals surface area contributed by atoms with E-state index in [4.69, 9.17) is 9.97 Å². The van der Waals surface area contributed by atoms with E-state index in [0.717, 1.165) is 51.0 Å². The highest BCUT2D eigenvalue weighted by atomic mass is 32.1. The highest BCUT2D eigenvalue weighted by molar-refractivity contribution is 7.26. The van der Waals surface area contributed by atoms with E-state index in [-0.39, 0.29) is 5.75 Å². The number of phenols is 1. The molecule has 0 amide bonds. The number of hydrogen-bond acceptors (Lipinski definition) is 4. The highest BCUT2D eigenvalue weighted by Crippen LogP contribution is 2.41. The second-order valence-electron chi connectivity index (χ2n) is 11.4. The zero-order chi connectivity index (χ0) is 31.2. The van der Waals surface area contributed by atoms with E-state index in [1.807, 2.05) is 66.8 Å². The third-order valence-corrected chi connectivity index (χ3v) is 9.51. The first-order valence-corrected chi connectivity index (χ1v) is 15.9. The standard InChI is InChI=1S/C41H27FN2OS/c1-25-19-30(32-14-8-15-34-33-13-5-6-16-40(33)46-41(32)34)23-36(43-25)27-11-7-12-28(20-27)37-21-29(26-9-3-2-4-10-26)22-38(44-37)35-18-17-31(42)24-39(35)45/h2-24,45H,1H3. The number of fused-ring (bicyclic) bond motifs is 3. The van der Waals surface area contributed by atoms with Crippen LogP contribution in [0.15, 0.2) is 140 Å². The van der Waals surface area contributed by atoms with E-state index in [2.05, 4.69) is 72.8 Å². The molecule has 0 bridgehead atoms. The van der Waals surface area contributed by atoms with Crippen LogP contribution < -0.4 is 0 Å². The molecule has 5 aromatic carbocycles. The zero-order valence-corrected chi connectivity index (χ0v) is 25.7. The average molecular weight is 615 g/mol. The van der Waals surface area contributed by atoms with E-state index in [9.17, 15) is 9.50 Å². The summed E-state index contributed by atoms with van der Waals surface area (Å²) >= 11 is 1.82. The summed E-state index contributed by atoms with van der Waals surface area (Å²) in [6, 6.07) is 45.7. The SMILES string of the molecule is Cc1cc(-c2cccc3c2sc2ccccc23)cc(-c2cccc(-c3cc(-c4ccccc4)cc(-c4ccc(F)cc4O)n3)c2)n1. The van der Waals surface area contributed by atoms with Gasteiger partial charge in [0.15, 0.2) is 0 Å². The van der Waals surface area contributed by atoms with E-state index in [1.165, 1.54) is 31.8 Å². The molecule has 3 heterocycles. The Morgan fingerprint density at radius 2 is 1.20 bits per heavy atom. The summed E-state index contributed by atoms with van der Waals surface area (Å²) in [5.41, 5.74) is 9.77. The number of aromatic hydroxyl groups is 1. The predicted molar refractivity (Wildman–Crippen MR) is 188 cm³/mol. The van der Waals surface area contributed by atoms with Crippen molar-refractivity contribution < 1.29 is 9.50 Å². The maximum Gasteiger partial charge on any atom is 0.127 e. The van der Waals surface area contributed by atoms with Crippen molar-refractivity contribution in [3.63, 3.8) is 0 Å². The number of rotatable bonds is 5. The molecule has 0 aliphatic rings. The third-order valence-electron chi connectivity index (χ3n) is 8.29. The number of aromatic nitrogens is 2. The van der Waals surface area contributed by atoms with Crippen molar-refractivity contribution in [3.8, 4) is 61.8 Å². The number of nitrogens with zero attached hydrogens (tertiary/aromatic N) is 2. The minimum absolute atomic E-state index is 0.150. The summed E-state index contributed by atoms with van der Waals surface area (Å²) < 4.78 is 16.4. The Hall–Kier alpha value is -5.65. The number of benzene rings is 5. The van der Waals surface area contributed by atoms with Gasteiger partial charge in [-0.05, 0) is 77.7 Å². The Balaban J connectivity index is 1.25. The second kappa shape index (κ2) is 11.4. The molecule has 3 nitrogen and oxygen atoms in total. The maximum absolute atomic E-state index is 13.9. The smallest absolute Gasteiger partial charge is 0.127 e. The van der Waals surface area contributed by atoms with Gasteiger partial charge in [-0.3, -0.25) is 4.98 Å². The second-order valence-corrected chi connectivity index (χ2v) is 12.4. The van der Waals surface area contributed by atoms with Gasteiger partial charge in [0, 0.05) is 48.6 Å². The molecule has 220 valence electrons. The van der Waals surface area contributed by atoms with Gasteiger partial charge in [-0.25, -0.2) is 9.37 Å². The summed E-state index contributed by atoms with van der Waals surface area (Å²) in [7, 11) is 0. The number of thiophene rings is 1. The lowest BCUT2D eigenvalue weighted by molar-refractivity contribution is 0.471. The fourth-order valence-corrected chi connectivity index (χ4v) is 7.36. The van der Waals surface area contributed by atoms with Crippen LogP contribution in [0.25, 0.3) is 76.2 Å². The lowest BCUT2D eigenvalue weighted by Crippen LogP contribution is -1.93. The zero-order valence-electron chi connectivity index (χ0n) is 24.9. The van der Waals surface area contributed by atoms with Crippen molar-refractivity contribution in [2.45, 2.75) is 6.92 Å². The van der Waals surface area contributed by atoms with Crippen LogP contribution in [0.3, 0.4) is 0 Å². The number of phenolic OH excluding ortho intramolecular Hbond substituents is 1. The minimum atomic E-state index is -0.498. The van der Waals surface area contributed by atoms with Gasteiger partial charge < -0.3 is 5.11 Å². The molecule has 3 aromatic heterocycles. The van der Waals surface area contributed by atoms with Crippen molar-refractivity contribution >= 4 is 31.5 Å². The fourth-order valence-electron chi connectivity index (χ4n) is 6.12. The Bertz CT molecular complexity index is 2420. The van der Waals surface area contributed by atoms with Crippen LogP contribution >= 0.6 is 11.3 Å². The van der Waals surface area contributed by atoms with Crippen LogP contribution in [0.4, 0.5) is 4.39 Å². The molecule has 8 rings (SSSR count). The molecule has 46 heavy (non-hydrogen) atoms. The molecule has 5 heteroatoms. The summed E-state index contributed by atoms with van der Waals surface area (Å²) in [5.74, 6) is -0.649. The highest BCUT2D eigenvalue weighted by Gasteiger charge is 2.15. The lowest BCUT2D eigenvalue weighted by Gasteiger charge is -2.13. The van der Waals surface area contributed by atoms with Crippen LogP contribution in [-0.2, 0) is 0 Å². The Kier molecular flexibility index (Phi) is 6.89. The molecule has 0 unspecified atom stereocenters. The normalized spacial score (nSPS) is 11.3. The first-order valence-electron chi connectivity index (χ1n) is 15.1. The van der Waals surface area contributed by atoms with Gasteiger partial charge in [0.1, 0.15) is 11.6 Å². The summed E-state index contributed by atoms with van der Waals surface area (Å²) in [6.45, 7) is 2.04. The molecule has 0 atom stereocenters. The third kappa shape index (κ3) is 5.11. The Morgan fingerprint density at radius 3 is 2.02 bits per heavy atom. The molecule has 0 saturated heterocycles. The molecular weight excluding hydrogens is 588 g/mol. The first-order chi connectivity index (χ1) is 22.5. The average Bonchev–Trinajstić information content (AvgIpc) is 3.47. The molecule has 0 fully saturated rings. The van der Waals surface area contributed by atoms with Crippen LogP contribution in [0, 0.1) is 12.7 Å². The fraction of sp³-hybridized carbons (Fsp3) is 0.0244. The summed E-state index contributed by atoms with van der Waals surface area (Å²) in [4.78, 5) is 9.91. The van der Waals surface area contributed by atoms with Gasteiger partial charge >= 0.3 is 0 Å². The van der Waals surface area contributed by atoms with Gasteiger partial charge in [0.05, 0.1) is 17.1 Å². The van der Waals surface area contributed by atoms with Crippen LogP contribution in [0.5, 0.6) is 5.75 Å². The van der Waals surface area contributed by atoms with Crippen molar-refractivity contribution in [2.24, 2.45) is 0 Å². The van der Waals surface area contributed by atoms with E-state index < -0.39 is 5.82 Å². The number of hydrogen-bond donors (Lipinski definition) is 1. The van der Waals surface area contributed by atoms with Gasteiger partial charge in [0.2, 0.25) is 0 Å². The first kappa shape index (κ1) is 27.9. The molecule has 8 aromatic rings. The van der Waals surface area contributed by atoms with Gasteiger partial charge in [0.25, 0.3) is 0 Å². The molecule has 0 aliphatic carbocycles. The lowest BCUT2D eigenvalue weighted by atomic mass is 9.97. The molecule has 1 N–H and O–H groups in total. The van der Waals surface area contributed by atoms with E-state index in [0.29, 0.717) is 11.3 Å². The van der Waals surface area contributed by atoms with Crippen molar-refractivity contribution in [2.75, 3.05) is 0 Å². The van der Waals surface area contributed by atoms with Crippen LogP contribution in [0.1, 0.15) is 5.69 Å². The maximum atomic E-state index is 13.9. The molecule has 0 spiro atoms. The Morgan fingerprint density at radius 1 is 0.522 bits per heavy atom. The topological polar surface area (TPSA) is 46.0 Å². The minimum Gasteiger partial charge on any atom is -0.507 e. The monoisotopic (exact) mass is 614 g/mol. The van der Waals surface area contributed by atoms with Gasteiger partial charge in [-0.2, -0.15) is 0 Å². The van der Waals surface area contributed by atoms with Gasteiger partial charge in [-0.15, -0.1) is 11.3 Å².